The molecule has 0 aliphatic rings. The van der Waals surface area contributed by atoms with Gasteiger partial charge in [-0.3, -0.25) is 4.79 Å². The van der Waals surface area contributed by atoms with Gasteiger partial charge in [-0.1, -0.05) is 11.3 Å². The van der Waals surface area contributed by atoms with Crippen LogP contribution in [0.3, 0.4) is 0 Å². The number of nitrogens with two attached hydrogens (primary N) is 1. The molecule has 0 atom stereocenters. The van der Waals surface area contributed by atoms with E-state index in [9.17, 15) is 4.79 Å². The summed E-state index contributed by atoms with van der Waals surface area (Å²) in [4.78, 5) is 13.5. The molecule has 0 fully saturated rings. The second kappa shape index (κ2) is 8.62. The molecule has 0 aliphatic heterocycles. The quantitative estimate of drug-likeness (QED) is 0.323. The zero-order valence-corrected chi connectivity index (χ0v) is 17.2. The Hall–Kier alpha value is -4.26. The summed E-state index contributed by atoms with van der Waals surface area (Å²) < 4.78 is 16.4. The van der Waals surface area contributed by atoms with Crippen molar-refractivity contribution in [1.29, 1.82) is 0 Å². The number of aromatic nitrogens is 5. The van der Waals surface area contributed by atoms with Gasteiger partial charge in [0.2, 0.25) is 11.6 Å². The lowest BCUT2D eigenvalue weighted by atomic mass is 10.2. The Balaban J connectivity index is 1.60. The fourth-order valence-electron chi connectivity index (χ4n) is 2.71. The van der Waals surface area contributed by atoms with Gasteiger partial charge in [0.1, 0.15) is 5.69 Å². The van der Waals surface area contributed by atoms with E-state index in [2.05, 4.69) is 35.8 Å². The molecule has 1 amide bonds. The summed E-state index contributed by atoms with van der Waals surface area (Å²) in [5, 5.41) is 21.1. The summed E-state index contributed by atoms with van der Waals surface area (Å²) >= 11 is 1.39. The van der Waals surface area contributed by atoms with Crippen LogP contribution in [-0.2, 0) is 0 Å². The third-order valence-electron chi connectivity index (χ3n) is 4.12. The topological polar surface area (TPSA) is 156 Å². The van der Waals surface area contributed by atoms with Crippen LogP contribution in [0.5, 0.6) is 11.5 Å². The van der Waals surface area contributed by atoms with Crippen LogP contribution in [0.15, 0.2) is 45.4 Å². The number of anilines is 1. The van der Waals surface area contributed by atoms with Gasteiger partial charge in [0.15, 0.2) is 17.2 Å². The van der Waals surface area contributed by atoms with Gasteiger partial charge in [-0.05, 0) is 45.5 Å². The van der Waals surface area contributed by atoms with Gasteiger partial charge in [-0.15, -0.1) is 16.4 Å². The van der Waals surface area contributed by atoms with Gasteiger partial charge in [0, 0.05) is 0 Å². The first-order valence-corrected chi connectivity index (χ1v) is 9.63. The minimum atomic E-state index is -0.568. The zero-order valence-electron chi connectivity index (χ0n) is 16.3. The van der Waals surface area contributed by atoms with Crippen molar-refractivity contribution in [2.45, 2.75) is 0 Å². The highest BCUT2D eigenvalue weighted by Crippen LogP contribution is 2.30. The average Bonchev–Trinajstić information content (AvgIpc) is 3.53. The Bertz CT molecular complexity index is 1230. The number of rotatable bonds is 7. The maximum absolute atomic E-state index is 12.8. The molecule has 0 saturated carbocycles. The number of nitrogens with zero attached hydrogens (tertiary/aromatic N) is 6. The summed E-state index contributed by atoms with van der Waals surface area (Å²) in [6.45, 7) is 0. The van der Waals surface area contributed by atoms with Crippen LogP contribution in [0.1, 0.15) is 16.1 Å². The highest BCUT2D eigenvalue weighted by atomic mass is 32.1. The molecule has 0 aliphatic carbocycles. The van der Waals surface area contributed by atoms with E-state index in [0.717, 1.165) is 4.88 Å². The zero-order chi connectivity index (χ0) is 21.8. The molecule has 1 aromatic carbocycles. The number of carbonyl (C=O) groups is 1. The minimum absolute atomic E-state index is 0.0149. The van der Waals surface area contributed by atoms with Crippen molar-refractivity contribution in [2.75, 3.05) is 20.0 Å². The molecule has 31 heavy (non-hydrogen) atoms. The number of methoxy groups -OCH3 is 2. The van der Waals surface area contributed by atoms with Gasteiger partial charge in [-0.25, -0.2) is 10.1 Å². The summed E-state index contributed by atoms with van der Waals surface area (Å²) in [5.74, 6) is 0.702. The van der Waals surface area contributed by atoms with Crippen molar-refractivity contribution in [3.63, 3.8) is 0 Å². The van der Waals surface area contributed by atoms with E-state index in [-0.39, 0.29) is 17.3 Å². The van der Waals surface area contributed by atoms with E-state index < -0.39 is 5.91 Å². The average molecular weight is 440 g/mol. The molecule has 4 rings (SSSR count). The van der Waals surface area contributed by atoms with Crippen molar-refractivity contribution in [1.82, 2.24) is 30.7 Å². The minimum Gasteiger partial charge on any atom is -0.493 e. The fourth-order valence-corrected chi connectivity index (χ4v) is 3.46. The van der Waals surface area contributed by atoms with Crippen molar-refractivity contribution in [3.05, 3.63) is 47.0 Å². The number of ether oxygens (including phenoxy) is 2. The monoisotopic (exact) mass is 440 g/mol. The number of nitrogens with one attached hydrogen (secondary N) is 1. The number of nitrogen functional groups attached to an aromatic ring is 1. The smallest absolute Gasteiger partial charge is 0.294 e. The maximum Gasteiger partial charge on any atom is 0.294 e. The molecule has 12 nitrogen and oxygen atoms in total. The third kappa shape index (κ3) is 3.93. The molecule has 158 valence electrons. The summed E-state index contributed by atoms with van der Waals surface area (Å²) in [5.41, 5.74) is 9.34. The van der Waals surface area contributed by atoms with Crippen molar-refractivity contribution in [3.8, 4) is 27.9 Å². The van der Waals surface area contributed by atoms with E-state index in [1.807, 2.05) is 17.5 Å². The predicted molar refractivity (Wildman–Crippen MR) is 112 cm³/mol. The number of hydrazone groups is 1. The second-order valence-corrected chi connectivity index (χ2v) is 6.91. The Morgan fingerprint density at radius 1 is 1.26 bits per heavy atom. The maximum atomic E-state index is 12.8. The van der Waals surface area contributed by atoms with Crippen molar-refractivity contribution < 1.29 is 18.9 Å². The molecule has 0 radical (unpaired) electrons. The van der Waals surface area contributed by atoms with Crippen LogP contribution >= 0.6 is 11.3 Å². The van der Waals surface area contributed by atoms with Crippen LogP contribution in [0, 0.1) is 0 Å². The third-order valence-corrected chi connectivity index (χ3v) is 5.00. The van der Waals surface area contributed by atoms with E-state index in [4.69, 9.17) is 15.2 Å². The second-order valence-electron chi connectivity index (χ2n) is 5.96. The summed E-state index contributed by atoms with van der Waals surface area (Å²) in [6, 6.07) is 8.87. The van der Waals surface area contributed by atoms with Gasteiger partial charge in [0.25, 0.3) is 5.91 Å². The highest BCUT2D eigenvalue weighted by Gasteiger charge is 2.25. The lowest BCUT2D eigenvalue weighted by molar-refractivity contribution is 0.0951. The first-order valence-electron chi connectivity index (χ1n) is 8.75. The molecule has 0 bridgehead atoms. The first kappa shape index (κ1) is 20.0. The molecule has 4 aromatic rings. The molecule has 0 unspecified atom stereocenters. The molecule has 0 spiro atoms. The Kier molecular flexibility index (Phi) is 5.57. The summed E-state index contributed by atoms with van der Waals surface area (Å²) in [7, 11) is 3.08. The van der Waals surface area contributed by atoms with Crippen LogP contribution < -0.4 is 20.6 Å². The molecule has 3 aromatic heterocycles. The molecule has 3 N–H and O–H groups in total. The molecular weight excluding hydrogens is 424 g/mol. The SMILES string of the molecule is COc1ccc(/C=N\NC(=O)c2nnn(-c3nonc3N)c2-c2cccs2)cc1OC. The standard InChI is InChI=1S/C18H16N8O4S/c1-28-11-6-5-10(8-12(11)29-2)9-20-22-18(27)14-15(13-4-3-7-31-13)26(25-21-14)17-16(19)23-30-24-17/h3-9H,1-2H3,(H2,19,23)(H,22,27)/b20-9-. The first-order chi connectivity index (χ1) is 15.1. The van der Waals surface area contributed by atoms with E-state index >= 15 is 0 Å². The number of hydrogen-bond donors (Lipinski definition) is 2. The number of hydrogen-bond acceptors (Lipinski definition) is 11. The van der Waals surface area contributed by atoms with Crippen LogP contribution in [0.25, 0.3) is 16.4 Å². The molecular formula is C18H16N8O4S. The lowest BCUT2D eigenvalue weighted by Gasteiger charge is -2.07. The number of carbonyl (C=O) groups excluding carboxylic acids is 1. The van der Waals surface area contributed by atoms with Crippen LogP contribution in [-0.4, -0.2) is 51.6 Å². The highest BCUT2D eigenvalue weighted by molar-refractivity contribution is 7.13. The number of thiophene rings is 1. The van der Waals surface area contributed by atoms with Crippen LogP contribution in [0.2, 0.25) is 0 Å². The van der Waals surface area contributed by atoms with E-state index in [1.54, 1.807) is 25.3 Å². The number of amides is 1. The van der Waals surface area contributed by atoms with E-state index in [0.29, 0.717) is 22.8 Å². The Morgan fingerprint density at radius 2 is 2.10 bits per heavy atom. The van der Waals surface area contributed by atoms with Gasteiger partial charge in [0.05, 0.1) is 25.3 Å². The van der Waals surface area contributed by atoms with Gasteiger partial charge < -0.3 is 15.2 Å². The molecule has 3 heterocycles. The van der Waals surface area contributed by atoms with Crippen LogP contribution in [0.4, 0.5) is 5.82 Å². The summed E-state index contributed by atoms with van der Waals surface area (Å²) in [6.07, 6.45) is 1.47. The van der Waals surface area contributed by atoms with Gasteiger partial charge >= 0.3 is 0 Å². The van der Waals surface area contributed by atoms with Crippen molar-refractivity contribution >= 4 is 29.3 Å². The lowest BCUT2D eigenvalue weighted by Crippen LogP contribution is -2.19. The van der Waals surface area contributed by atoms with Gasteiger partial charge in [-0.2, -0.15) is 9.78 Å². The Morgan fingerprint density at radius 3 is 2.77 bits per heavy atom. The number of benzene rings is 1. The fraction of sp³-hybridized carbons (Fsp3) is 0.111. The normalized spacial score (nSPS) is 11.0. The predicted octanol–water partition coefficient (Wildman–Crippen LogP) is 1.74. The molecule has 13 heteroatoms. The molecule has 0 saturated heterocycles. The van der Waals surface area contributed by atoms with E-state index in [1.165, 1.54) is 29.3 Å². The largest absolute Gasteiger partial charge is 0.493 e. The van der Waals surface area contributed by atoms with Crippen molar-refractivity contribution in [2.24, 2.45) is 5.10 Å². The Labute approximate surface area is 179 Å².